The standard InChI is InChI=1S/C16H20N2O3S2/c1-12-7-9-14(10-8-12)23(20,21)17-16-18(15(19)11-22-16)13-5-3-2-4-6-13/h7-10,13H,2-6,11H2,1H3. The molecule has 0 atom stereocenters. The maximum absolute atomic E-state index is 12.5. The van der Waals surface area contributed by atoms with Crippen LogP contribution in [0.2, 0.25) is 0 Å². The Morgan fingerprint density at radius 2 is 1.78 bits per heavy atom. The zero-order valence-electron chi connectivity index (χ0n) is 13.1. The fourth-order valence-electron chi connectivity index (χ4n) is 3.01. The number of amides is 1. The normalized spacial score (nSPS) is 22.0. The quantitative estimate of drug-likeness (QED) is 0.839. The zero-order valence-corrected chi connectivity index (χ0v) is 14.7. The highest BCUT2D eigenvalue weighted by Gasteiger charge is 2.36. The van der Waals surface area contributed by atoms with Crippen LogP contribution in [-0.2, 0) is 14.8 Å². The molecule has 1 aliphatic carbocycles. The highest BCUT2D eigenvalue weighted by atomic mass is 32.2. The molecule has 2 fully saturated rings. The lowest BCUT2D eigenvalue weighted by Gasteiger charge is -2.30. The molecule has 1 aliphatic heterocycles. The van der Waals surface area contributed by atoms with E-state index < -0.39 is 10.0 Å². The minimum absolute atomic E-state index is 0.0280. The third kappa shape index (κ3) is 3.61. The molecule has 1 amide bonds. The predicted octanol–water partition coefficient (Wildman–Crippen LogP) is 2.95. The maximum Gasteiger partial charge on any atom is 0.284 e. The third-order valence-corrected chi connectivity index (χ3v) is 6.59. The van der Waals surface area contributed by atoms with Gasteiger partial charge >= 0.3 is 0 Å². The van der Waals surface area contributed by atoms with Gasteiger partial charge in [-0.3, -0.25) is 9.69 Å². The van der Waals surface area contributed by atoms with Crippen molar-refractivity contribution in [3.05, 3.63) is 29.8 Å². The first-order chi connectivity index (χ1) is 11.0. The van der Waals surface area contributed by atoms with Crippen molar-refractivity contribution < 1.29 is 13.2 Å². The Bertz CT molecular complexity index is 720. The molecule has 3 rings (SSSR count). The molecular formula is C16H20N2O3S2. The molecule has 5 nitrogen and oxygen atoms in total. The largest absolute Gasteiger partial charge is 0.287 e. The van der Waals surface area contributed by atoms with Gasteiger partial charge in [-0.15, -0.1) is 4.40 Å². The van der Waals surface area contributed by atoms with Crippen LogP contribution in [0.15, 0.2) is 33.6 Å². The minimum atomic E-state index is -3.78. The van der Waals surface area contributed by atoms with Gasteiger partial charge in [0.25, 0.3) is 10.0 Å². The molecule has 1 heterocycles. The van der Waals surface area contributed by atoms with Gasteiger partial charge in [-0.1, -0.05) is 48.7 Å². The van der Waals surface area contributed by atoms with Crippen LogP contribution in [0.5, 0.6) is 0 Å². The lowest BCUT2D eigenvalue weighted by Crippen LogP contribution is -2.41. The van der Waals surface area contributed by atoms with E-state index in [0.29, 0.717) is 5.17 Å². The van der Waals surface area contributed by atoms with Gasteiger partial charge in [0, 0.05) is 6.04 Å². The number of thioether (sulfide) groups is 1. The van der Waals surface area contributed by atoms with E-state index in [2.05, 4.69) is 4.40 Å². The lowest BCUT2D eigenvalue weighted by atomic mass is 9.94. The summed E-state index contributed by atoms with van der Waals surface area (Å²) >= 11 is 1.22. The Hall–Kier alpha value is -1.34. The second-order valence-electron chi connectivity index (χ2n) is 6.01. The number of nitrogens with zero attached hydrogens (tertiary/aromatic N) is 2. The third-order valence-electron chi connectivity index (χ3n) is 4.26. The van der Waals surface area contributed by atoms with Crippen LogP contribution in [0.25, 0.3) is 0 Å². The van der Waals surface area contributed by atoms with Gasteiger partial charge in [-0.25, -0.2) is 0 Å². The van der Waals surface area contributed by atoms with Crippen molar-refractivity contribution in [2.24, 2.45) is 4.40 Å². The zero-order chi connectivity index (χ0) is 16.4. The van der Waals surface area contributed by atoms with Crippen molar-refractivity contribution in [1.29, 1.82) is 0 Å². The number of sulfonamides is 1. The van der Waals surface area contributed by atoms with E-state index in [4.69, 9.17) is 0 Å². The first kappa shape index (κ1) is 16.5. The fraction of sp³-hybridized carbons (Fsp3) is 0.500. The molecule has 2 aliphatic rings. The molecule has 0 radical (unpaired) electrons. The molecule has 1 aromatic carbocycles. The van der Waals surface area contributed by atoms with Crippen molar-refractivity contribution >= 4 is 32.9 Å². The number of hydrogen-bond acceptors (Lipinski definition) is 4. The molecule has 0 N–H and O–H groups in total. The summed E-state index contributed by atoms with van der Waals surface area (Å²) in [7, 11) is -3.78. The van der Waals surface area contributed by atoms with Crippen molar-refractivity contribution in [1.82, 2.24) is 4.90 Å². The van der Waals surface area contributed by atoms with Crippen LogP contribution in [-0.4, -0.2) is 36.2 Å². The average Bonchev–Trinajstić information content (AvgIpc) is 2.88. The summed E-state index contributed by atoms with van der Waals surface area (Å²) in [5, 5.41) is 0.336. The summed E-state index contributed by atoms with van der Waals surface area (Å²) in [6.45, 7) is 1.90. The van der Waals surface area contributed by atoms with Crippen LogP contribution in [0, 0.1) is 6.92 Å². The van der Waals surface area contributed by atoms with E-state index in [-0.39, 0.29) is 22.6 Å². The number of aryl methyl sites for hydroxylation is 1. The van der Waals surface area contributed by atoms with E-state index in [9.17, 15) is 13.2 Å². The van der Waals surface area contributed by atoms with E-state index in [0.717, 1.165) is 31.2 Å². The van der Waals surface area contributed by atoms with Crippen molar-refractivity contribution in [2.75, 3.05) is 5.75 Å². The predicted molar refractivity (Wildman–Crippen MR) is 92.0 cm³/mol. The molecule has 0 aromatic heterocycles. The fourth-order valence-corrected chi connectivity index (χ4v) is 5.17. The van der Waals surface area contributed by atoms with Gasteiger partial charge in [0.05, 0.1) is 10.6 Å². The van der Waals surface area contributed by atoms with Crippen molar-refractivity contribution in [3.63, 3.8) is 0 Å². The highest BCUT2D eigenvalue weighted by molar-refractivity contribution is 8.15. The van der Waals surface area contributed by atoms with Gasteiger partial charge in [0.15, 0.2) is 5.17 Å². The average molecular weight is 352 g/mol. The Kier molecular flexibility index (Phi) is 4.77. The highest BCUT2D eigenvalue weighted by Crippen LogP contribution is 2.31. The Labute approximate surface area is 141 Å². The summed E-state index contributed by atoms with van der Waals surface area (Å²) in [4.78, 5) is 14.0. The summed E-state index contributed by atoms with van der Waals surface area (Å²) < 4.78 is 29.0. The monoisotopic (exact) mass is 352 g/mol. The van der Waals surface area contributed by atoms with Gasteiger partial charge in [-0.05, 0) is 31.9 Å². The van der Waals surface area contributed by atoms with Crippen molar-refractivity contribution in [2.45, 2.75) is 50.0 Å². The second-order valence-corrected chi connectivity index (χ2v) is 8.55. The van der Waals surface area contributed by atoms with Gasteiger partial charge in [-0.2, -0.15) is 8.42 Å². The molecular weight excluding hydrogens is 332 g/mol. The first-order valence-electron chi connectivity index (χ1n) is 7.84. The molecule has 0 bridgehead atoms. The molecule has 1 aromatic rings. The van der Waals surface area contributed by atoms with Crippen LogP contribution < -0.4 is 0 Å². The SMILES string of the molecule is Cc1ccc(S(=O)(=O)N=C2SCC(=O)N2C2CCCCC2)cc1. The summed E-state index contributed by atoms with van der Waals surface area (Å²) in [6.07, 6.45) is 5.19. The number of carbonyl (C=O) groups excluding carboxylic acids is 1. The second kappa shape index (κ2) is 6.65. The van der Waals surface area contributed by atoms with Gasteiger partial charge in [0.1, 0.15) is 0 Å². The minimum Gasteiger partial charge on any atom is -0.287 e. The molecule has 124 valence electrons. The van der Waals surface area contributed by atoms with E-state index in [1.165, 1.54) is 18.2 Å². The molecule has 7 heteroatoms. The van der Waals surface area contributed by atoms with Crippen molar-refractivity contribution in [3.8, 4) is 0 Å². The number of carbonyl (C=O) groups is 1. The number of amidine groups is 1. The lowest BCUT2D eigenvalue weighted by molar-refractivity contribution is -0.126. The maximum atomic E-state index is 12.5. The van der Waals surface area contributed by atoms with Crippen LogP contribution in [0.4, 0.5) is 0 Å². The Morgan fingerprint density at radius 3 is 2.43 bits per heavy atom. The van der Waals surface area contributed by atoms with Crippen LogP contribution >= 0.6 is 11.8 Å². The molecule has 0 unspecified atom stereocenters. The smallest absolute Gasteiger partial charge is 0.284 e. The van der Waals surface area contributed by atoms with Crippen LogP contribution in [0.3, 0.4) is 0 Å². The molecule has 23 heavy (non-hydrogen) atoms. The number of hydrogen-bond donors (Lipinski definition) is 0. The Morgan fingerprint density at radius 1 is 1.13 bits per heavy atom. The molecule has 0 spiro atoms. The first-order valence-corrected chi connectivity index (χ1v) is 10.3. The van der Waals surface area contributed by atoms with E-state index >= 15 is 0 Å². The van der Waals surface area contributed by atoms with E-state index in [1.807, 2.05) is 6.92 Å². The summed E-state index contributed by atoms with van der Waals surface area (Å²) in [5.41, 5.74) is 0.992. The summed E-state index contributed by atoms with van der Waals surface area (Å²) in [6, 6.07) is 6.71. The number of benzene rings is 1. The number of rotatable bonds is 3. The summed E-state index contributed by atoms with van der Waals surface area (Å²) in [5.74, 6) is 0.249. The topological polar surface area (TPSA) is 66.8 Å². The van der Waals surface area contributed by atoms with Gasteiger partial charge < -0.3 is 0 Å². The Balaban J connectivity index is 1.90. The molecule has 1 saturated carbocycles. The van der Waals surface area contributed by atoms with E-state index in [1.54, 1.807) is 29.2 Å². The van der Waals surface area contributed by atoms with Crippen LogP contribution in [0.1, 0.15) is 37.7 Å². The molecule has 1 saturated heterocycles. The van der Waals surface area contributed by atoms with Gasteiger partial charge in [0.2, 0.25) is 5.91 Å².